The second-order valence-electron chi connectivity index (χ2n) is 5.78. The molecule has 7 nitrogen and oxygen atoms in total. The van der Waals surface area contributed by atoms with E-state index in [-0.39, 0.29) is 11.7 Å². The molecule has 2 heterocycles. The molecule has 2 aromatic heterocycles. The molecular weight excluding hydrogens is 349 g/mol. The van der Waals surface area contributed by atoms with Crippen molar-refractivity contribution >= 4 is 11.7 Å². The third kappa shape index (κ3) is 5.04. The lowest BCUT2D eigenvalue weighted by atomic mass is 10.3. The highest BCUT2D eigenvalue weighted by atomic mass is 19.1. The summed E-state index contributed by atoms with van der Waals surface area (Å²) in [5, 5.41) is 14.0. The number of carbonyl (C=O) groups excluding carboxylic acids is 1. The fourth-order valence-corrected chi connectivity index (χ4v) is 2.35. The molecule has 8 heteroatoms. The van der Waals surface area contributed by atoms with E-state index in [4.69, 9.17) is 4.74 Å². The summed E-state index contributed by atoms with van der Waals surface area (Å²) in [6.45, 7) is 2.40. The molecule has 140 valence electrons. The maximum atomic E-state index is 13.5. The molecule has 0 bridgehead atoms. The van der Waals surface area contributed by atoms with Crippen LogP contribution in [0.5, 0.6) is 5.75 Å². The lowest BCUT2D eigenvalue weighted by Crippen LogP contribution is -2.38. The average Bonchev–Trinajstić information content (AvgIpc) is 3.22. The van der Waals surface area contributed by atoms with Gasteiger partial charge in [-0.1, -0.05) is 12.1 Å². The van der Waals surface area contributed by atoms with Gasteiger partial charge in [-0.3, -0.25) is 4.79 Å². The fraction of sp³-hybridized carbons (Fsp3) is 0.211. The first-order valence-electron chi connectivity index (χ1n) is 8.53. The van der Waals surface area contributed by atoms with Crippen molar-refractivity contribution < 1.29 is 13.9 Å². The molecule has 1 amide bonds. The van der Waals surface area contributed by atoms with Crippen LogP contribution in [0, 0.1) is 5.82 Å². The number of hydrogen-bond donors (Lipinski definition) is 2. The monoisotopic (exact) mass is 369 g/mol. The van der Waals surface area contributed by atoms with Crippen LogP contribution in [-0.4, -0.2) is 39.9 Å². The fourth-order valence-electron chi connectivity index (χ4n) is 2.35. The maximum Gasteiger partial charge on any atom is 0.260 e. The van der Waals surface area contributed by atoms with Gasteiger partial charge in [-0.2, -0.15) is 0 Å². The van der Waals surface area contributed by atoms with Gasteiger partial charge >= 0.3 is 0 Å². The van der Waals surface area contributed by atoms with E-state index in [1.165, 1.54) is 12.1 Å². The van der Waals surface area contributed by atoms with Gasteiger partial charge in [0.05, 0.1) is 0 Å². The van der Waals surface area contributed by atoms with Crippen LogP contribution in [0.15, 0.2) is 60.9 Å². The smallest absolute Gasteiger partial charge is 0.260 e. The van der Waals surface area contributed by atoms with Gasteiger partial charge in [0.15, 0.2) is 23.5 Å². The maximum absolute atomic E-state index is 13.5. The van der Waals surface area contributed by atoms with Crippen LogP contribution in [0.1, 0.15) is 6.92 Å². The van der Waals surface area contributed by atoms with E-state index >= 15 is 0 Å². The molecule has 0 saturated carbocycles. The van der Waals surface area contributed by atoms with E-state index in [1.54, 1.807) is 19.1 Å². The molecule has 1 unspecified atom stereocenters. The van der Waals surface area contributed by atoms with Crippen molar-refractivity contribution in [2.75, 3.05) is 18.4 Å². The summed E-state index contributed by atoms with van der Waals surface area (Å²) in [5.41, 5.74) is 0. The standard InChI is InChI=1S/C19H20FN5O2/c1-14(27-16-7-3-2-6-15(16)20)19(26)22-11-10-21-17-8-9-18(24-23-17)25-12-4-5-13-25/h2-9,12-14H,10-11H2,1H3,(H,21,23)(H,22,26). The van der Waals surface area contributed by atoms with Crippen LogP contribution in [-0.2, 0) is 4.79 Å². The highest BCUT2D eigenvalue weighted by molar-refractivity contribution is 5.80. The van der Waals surface area contributed by atoms with Gasteiger partial charge in [0.1, 0.15) is 5.82 Å². The van der Waals surface area contributed by atoms with Crippen molar-refractivity contribution in [1.29, 1.82) is 0 Å². The Kier molecular flexibility index (Phi) is 5.98. The summed E-state index contributed by atoms with van der Waals surface area (Å²) < 4.78 is 20.7. The first-order valence-corrected chi connectivity index (χ1v) is 8.53. The summed E-state index contributed by atoms with van der Waals surface area (Å²) in [7, 11) is 0. The molecule has 3 aromatic rings. The van der Waals surface area contributed by atoms with Gasteiger partial charge in [-0.05, 0) is 43.3 Å². The van der Waals surface area contributed by atoms with Gasteiger partial charge in [0, 0.05) is 25.5 Å². The van der Waals surface area contributed by atoms with Gasteiger partial charge < -0.3 is 19.9 Å². The van der Waals surface area contributed by atoms with E-state index in [2.05, 4.69) is 20.8 Å². The zero-order chi connectivity index (χ0) is 19.1. The summed E-state index contributed by atoms with van der Waals surface area (Å²) >= 11 is 0. The summed E-state index contributed by atoms with van der Waals surface area (Å²) in [5.74, 6) is 0.556. The van der Waals surface area contributed by atoms with E-state index < -0.39 is 11.9 Å². The second-order valence-corrected chi connectivity index (χ2v) is 5.78. The number of nitrogens with one attached hydrogen (secondary N) is 2. The molecule has 0 radical (unpaired) electrons. The number of ether oxygens (including phenoxy) is 1. The molecule has 27 heavy (non-hydrogen) atoms. The Labute approximate surface area is 156 Å². The molecule has 1 aromatic carbocycles. The van der Waals surface area contributed by atoms with Gasteiger partial charge in [-0.15, -0.1) is 10.2 Å². The molecule has 0 aliphatic heterocycles. The van der Waals surface area contributed by atoms with Gasteiger partial charge in [-0.25, -0.2) is 4.39 Å². The molecule has 0 aliphatic rings. The Morgan fingerprint density at radius 2 is 1.89 bits per heavy atom. The Morgan fingerprint density at radius 3 is 2.59 bits per heavy atom. The summed E-state index contributed by atoms with van der Waals surface area (Å²) in [4.78, 5) is 12.0. The Bertz CT molecular complexity index is 868. The molecule has 0 aliphatic carbocycles. The minimum Gasteiger partial charge on any atom is -0.478 e. The predicted molar refractivity (Wildman–Crippen MR) is 99.3 cm³/mol. The van der Waals surface area contributed by atoms with Crippen molar-refractivity contribution in [1.82, 2.24) is 20.1 Å². The van der Waals surface area contributed by atoms with Crippen molar-refractivity contribution in [3.8, 4) is 11.6 Å². The van der Waals surface area contributed by atoms with Crippen LogP contribution in [0.3, 0.4) is 0 Å². The molecule has 0 fully saturated rings. The molecular formula is C19H20FN5O2. The van der Waals surface area contributed by atoms with Crippen molar-refractivity contribution in [3.63, 3.8) is 0 Å². The largest absolute Gasteiger partial charge is 0.478 e. The number of anilines is 1. The number of nitrogens with zero attached hydrogens (tertiary/aromatic N) is 3. The lowest BCUT2D eigenvalue weighted by Gasteiger charge is -2.15. The minimum atomic E-state index is -0.803. The summed E-state index contributed by atoms with van der Waals surface area (Å²) in [6.07, 6.45) is 2.97. The van der Waals surface area contributed by atoms with E-state index in [0.29, 0.717) is 18.9 Å². The third-order valence-corrected chi connectivity index (χ3v) is 3.76. The summed E-state index contributed by atoms with van der Waals surface area (Å²) in [6, 6.07) is 13.5. The quantitative estimate of drug-likeness (QED) is 0.596. The van der Waals surface area contributed by atoms with Crippen molar-refractivity contribution in [2.24, 2.45) is 0 Å². The van der Waals surface area contributed by atoms with Crippen LogP contribution in [0.2, 0.25) is 0 Å². The average molecular weight is 369 g/mol. The van der Waals surface area contributed by atoms with Crippen LogP contribution in [0.25, 0.3) is 5.82 Å². The number of benzene rings is 1. The predicted octanol–water partition coefficient (Wildman–Crippen LogP) is 2.40. The van der Waals surface area contributed by atoms with E-state index in [0.717, 1.165) is 5.82 Å². The van der Waals surface area contributed by atoms with Crippen LogP contribution >= 0.6 is 0 Å². The number of para-hydroxylation sites is 1. The molecule has 0 spiro atoms. The highest BCUT2D eigenvalue weighted by Crippen LogP contribution is 2.16. The van der Waals surface area contributed by atoms with Gasteiger partial charge in [0.2, 0.25) is 0 Å². The van der Waals surface area contributed by atoms with E-state index in [9.17, 15) is 9.18 Å². The Morgan fingerprint density at radius 1 is 1.11 bits per heavy atom. The number of halogens is 1. The molecule has 1 atom stereocenters. The lowest BCUT2D eigenvalue weighted by molar-refractivity contribution is -0.127. The molecule has 2 N–H and O–H groups in total. The molecule has 3 rings (SSSR count). The topological polar surface area (TPSA) is 81.1 Å². The van der Waals surface area contributed by atoms with Gasteiger partial charge in [0.25, 0.3) is 5.91 Å². The normalized spacial score (nSPS) is 11.6. The third-order valence-electron chi connectivity index (χ3n) is 3.76. The van der Waals surface area contributed by atoms with Crippen LogP contribution in [0.4, 0.5) is 10.2 Å². The second kappa shape index (κ2) is 8.79. The minimum absolute atomic E-state index is 0.0522. The first kappa shape index (κ1) is 18.4. The number of carbonyl (C=O) groups is 1. The molecule has 0 saturated heterocycles. The zero-order valence-corrected chi connectivity index (χ0v) is 14.8. The van der Waals surface area contributed by atoms with Crippen molar-refractivity contribution in [2.45, 2.75) is 13.0 Å². The van der Waals surface area contributed by atoms with E-state index in [1.807, 2.05) is 41.2 Å². The Balaban J connectivity index is 1.40. The number of amides is 1. The number of hydrogen-bond acceptors (Lipinski definition) is 5. The Hall–Kier alpha value is -3.42. The SMILES string of the molecule is CC(Oc1ccccc1F)C(=O)NCCNc1ccc(-n2cccc2)nn1. The van der Waals surface area contributed by atoms with Crippen LogP contribution < -0.4 is 15.4 Å². The van der Waals surface area contributed by atoms with Crippen molar-refractivity contribution in [3.05, 3.63) is 66.7 Å². The number of aromatic nitrogens is 3. The highest BCUT2D eigenvalue weighted by Gasteiger charge is 2.15. The zero-order valence-electron chi connectivity index (χ0n) is 14.8. The first-order chi connectivity index (χ1) is 13.1. The number of rotatable bonds is 8.